The third kappa shape index (κ3) is 5.36. The highest BCUT2D eigenvalue weighted by Crippen LogP contribution is 2.16. The van der Waals surface area contributed by atoms with Gasteiger partial charge in [-0.05, 0) is 29.8 Å². The van der Waals surface area contributed by atoms with Crippen molar-refractivity contribution in [1.82, 2.24) is 10.9 Å². The van der Waals surface area contributed by atoms with Crippen LogP contribution in [0.4, 0.5) is 0 Å². The van der Waals surface area contributed by atoms with Crippen molar-refractivity contribution in [3.8, 4) is 5.75 Å². The molecule has 0 spiro atoms. The Kier molecular flexibility index (Phi) is 6.77. The van der Waals surface area contributed by atoms with Crippen LogP contribution in [-0.2, 0) is 14.3 Å². The molecule has 0 aliphatic carbocycles. The van der Waals surface area contributed by atoms with Crippen LogP contribution in [-0.4, -0.2) is 25.5 Å². The number of nitrogens with one attached hydrogen (secondary N) is 2. The molecule has 0 aliphatic rings. The molecule has 0 saturated carbocycles. The number of carbonyl (C=O) groups excluding carboxylic acids is 2. The Morgan fingerprint density at radius 2 is 1.71 bits per heavy atom. The van der Waals surface area contributed by atoms with Crippen LogP contribution in [0.25, 0.3) is 0 Å². The molecule has 0 aromatic heterocycles. The Morgan fingerprint density at radius 1 is 1.04 bits per heavy atom. The minimum Gasteiger partial charge on any atom is -0.484 e. The number of amides is 2. The lowest BCUT2D eigenvalue weighted by molar-refractivity contribution is -0.136. The standard InChI is InChI=1S/C17H17BrN2O4/c1-23-16(12-5-3-2-4-6-12)17(22)20-19-15(21)11-24-14-9-7-13(18)8-10-14/h2-10,16H,11H2,1H3,(H,19,21)(H,20,22)/t16-/m0/s1. The lowest BCUT2D eigenvalue weighted by Crippen LogP contribution is -2.46. The molecule has 1 atom stereocenters. The molecular weight excluding hydrogens is 376 g/mol. The van der Waals surface area contributed by atoms with E-state index in [4.69, 9.17) is 9.47 Å². The van der Waals surface area contributed by atoms with Crippen molar-refractivity contribution in [1.29, 1.82) is 0 Å². The Hall–Kier alpha value is -2.38. The van der Waals surface area contributed by atoms with Gasteiger partial charge < -0.3 is 9.47 Å². The van der Waals surface area contributed by atoms with Crippen molar-refractivity contribution in [3.05, 3.63) is 64.6 Å². The van der Waals surface area contributed by atoms with E-state index in [-0.39, 0.29) is 6.61 Å². The average Bonchev–Trinajstić information content (AvgIpc) is 2.61. The van der Waals surface area contributed by atoms with Crippen LogP contribution in [0.5, 0.6) is 5.75 Å². The summed E-state index contributed by atoms with van der Waals surface area (Å²) in [5, 5.41) is 0. The number of methoxy groups -OCH3 is 1. The summed E-state index contributed by atoms with van der Waals surface area (Å²) in [7, 11) is 1.43. The summed E-state index contributed by atoms with van der Waals surface area (Å²) in [6.07, 6.45) is -0.807. The molecule has 6 nitrogen and oxygen atoms in total. The normalized spacial score (nSPS) is 11.4. The number of rotatable bonds is 6. The first kappa shape index (κ1) is 18.0. The zero-order valence-electron chi connectivity index (χ0n) is 13.0. The van der Waals surface area contributed by atoms with E-state index in [0.29, 0.717) is 11.3 Å². The number of ether oxygens (including phenoxy) is 2. The predicted octanol–water partition coefficient (Wildman–Crippen LogP) is 2.36. The summed E-state index contributed by atoms with van der Waals surface area (Å²) in [6, 6.07) is 16.1. The molecule has 2 rings (SSSR count). The highest BCUT2D eigenvalue weighted by molar-refractivity contribution is 9.10. The molecule has 0 fully saturated rings. The van der Waals surface area contributed by atoms with E-state index in [1.165, 1.54) is 7.11 Å². The third-order valence-corrected chi connectivity index (χ3v) is 3.61. The van der Waals surface area contributed by atoms with Gasteiger partial charge in [0.25, 0.3) is 11.8 Å². The second kappa shape index (κ2) is 9.05. The van der Waals surface area contributed by atoms with Gasteiger partial charge in [-0.15, -0.1) is 0 Å². The summed E-state index contributed by atoms with van der Waals surface area (Å²) < 4.78 is 11.4. The van der Waals surface area contributed by atoms with E-state index >= 15 is 0 Å². The molecule has 7 heteroatoms. The van der Waals surface area contributed by atoms with Gasteiger partial charge in [0.1, 0.15) is 5.75 Å². The molecular formula is C17H17BrN2O4. The van der Waals surface area contributed by atoms with E-state index < -0.39 is 17.9 Å². The first-order chi connectivity index (χ1) is 11.6. The van der Waals surface area contributed by atoms with Crippen molar-refractivity contribution >= 4 is 27.7 Å². The van der Waals surface area contributed by atoms with Gasteiger partial charge in [0, 0.05) is 11.6 Å². The van der Waals surface area contributed by atoms with Gasteiger partial charge in [0.2, 0.25) is 0 Å². The van der Waals surface area contributed by atoms with Crippen molar-refractivity contribution in [2.24, 2.45) is 0 Å². The molecule has 2 aromatic carbocycles. The quantitative estimate of drug-likeness (QED) is 0.739. The third-order valence-electron chi connectivity index (χ3n) is 3.08. The zero-order valence-corrected chi connectivity index (χ0v) is 14.6. The van der Waals surface area contributed by atoms with Crippen LogP contribution in [0.2, 0.25) is 0 Å². The number of hydrazine groups is 1. The second-order valence-electron chi connectivity index (χ2n) is 4.81. The maximum absolute atomic E-state index is 12.1. The van der Waals surface area contributed by atoms with E-state index in [0.717, 1.165) is 4.47 Å². The topological polar surface area (TPSA) is 76.7 Å². The zero-order chi connectivity index (χ0) is 17.4. The largest absolute Gasteiger partial charge is 0.484 e. The fourth-order valence-corrected chi connectivity index (χ4v) is 2.20. The first-order valence-electron chi connectivity index (χ1n) is 7.15. The van der Waals surface area contributed by atoms with Gasteiger partial charge in [0.05, 0.1) is 0 Å². The van der Waals surface area contributed by atoms with Gasteiger partial charge in [-0.25, -0.2) is 0 Å². The maximum Gasteiger partial charge on any atom is 0.276 e. The number of carbonyl (C=O) groups is 2. The Morgan fingerprint density at radius 3 is 2.33 bits per heavy atom. The molecule has 0 heterocycles. The summed E-state index contributed by atoms with van der Waals surface area (Å²) in [5.74, 6) is -0.395. The first-order valence-corrected chi connectivity index (χ1v) is 7.94. The SMILES string of the molecule is CO[C@H](C(=O)NNC(=O)COc1ccc(Br)cc1)c1ccccc1. The lowest BCUT2D eigenvalue weighted by Gasteiger charge is -2.16. The maximum atomic E-state index is 12.1. The molecule has 0 bridgehead atoms. The number of benzene rings is 2. The molecule has 0 aliphatic heterocycles. The molecule has 24 heavy (non-hydrogen) atoms. The second-order valence-corrected chi connectivity index (χ2v) is 5.72. The van der Waals surface area contributed by atoms with Crippen LogP contribution in [0.1, 0.15) is 11.7 Å². The van der Waals surface area contributed by atoms with Gasteiger partial charge in [-0.2, -0.15) is 0 Å². The molecule has 0 radical (unpaired) electrons. The van der Waals surface area contributed by atoms with Crippen molar-refractivity contribution in [2.75, 3.05) is 13.7 Å². The molecule has 2 aromatic rings. The fraction of sp³-hybridized carbons (Fsp3) is 0.176. The summed E-state index contributed by atoms with van der Waals surface area (Å²) in [6.45, 7) is -0.217. The van der Waals surface area contributed by atoms with Gasteiger partial charge in [-0.3, -0.25) is 20.4 Å². The minimum atomic E-state index is -0.807. The Bertz CT molecular complexity index is 677. The summed E-state index contributed by atoms with van der Waals surface area (Å²) in [4.78, 5) is 23.8. The van der Waals surface area contributed by atoms with Crippen molar-refractivity contribution in [2.45, 2.75) is 6.10 Å². The van der Waals surface area contributed by atoms with E-state index in [2.05, 4.69) is 26.8 Å². The van der Waals surface area contributed by atoms with Crippen LogP contribution >= 0.6 is 15.9 Å². The Balaban J connectivity index is 1.80. The monoisotopic (exact) mass is 392 g/mol. The van der Waals surface area contributed by atoms with E-state index in [9.17, 15) is 9.59 Å². The fourth-order valence-electron chi connectivity index (χ4n) is 1.93. The highest BCUT2D eigenvalue weighted by atomic mass is 79.9. The van der Waals surface area contributed by atoms with E-state index in [1.54, 1.807) is 48.5 Å². The van der Waals surface area contributed by atoms with Crippen molar-refractivity contribution in [3.63, 3.8) is 0 Å². The number of hydrogen-bond acceptors (Lipinski definition) is 4. The van der Waals surface area contributed by atoms with Gasteiger partial charge >= 0.3 is 0 Å². The predicted molar refractivity (Wildman–Crippen MR) is 92.1 cm³/mol. The van der Waals surface area contributed by atoms with Crippen LogP contribution in [0.15, 0.2) is 59.1 Å². The van der Waals surface area contributed by atoms with Gasteiger partial charge in [0.15, 0.2) is 12.7 Å². The van der Waals surface area contributed by atoms with Crippen LogP contribution in [0.3, 0.4) is 0 Å². The van der Waals surface area contributed by atoms with E-state index in [1.807, 2.05) is 6.07 Å². The van der Waals surface area contributed by atoms with Gasteiger partial charge in [-0.1, -0.05) is 46.3 Å². The van der Waals surface area contributed by atoms with Crippen molar-refractivity contribution < 1.29 is 19.1 Å². The molecule has 0 unspecified atom stereocenters. The lowest BCUT2D eigenvalue weighted by atomic mass is 10.1. The minimum absolute atomic E-state index is 0.217. The summed E-state index contributed by atoms with van der Waals surface area (Å²) >= 11 is 3.31. The van der Waals surface area contributed by atoms with Crippen LogP contribution < -0.4 is 15.6 Å². The van der Waals surface area contributed by atoms with Crippen LogP contribution in [0, 0.1) is 0 Å². The average molecular weight is 393 g/mol. The number of halogens is 1. The Labute approximate surface area is 148 Å². The molecule has 2 amide bonds. The molecule has 126 valence electrons. The molecule has 0 saturated heterocycles. The smallest absolute Gasteiger partial charge is 0.276 e. The summed E-state index contributed by atoms with van der Waals surface area (Å²) in [5.41, 5.74) is 5.31. The number of hydrogen-bond donors (Lipinski definition) is 2. The molecule has 2 N–H and O–H groups in total. The highest BCUT2D eigenvalue weighted by Gasteiger charge is 2.20.